The summed E-state index contributed by atoms with van der Waals surface area (Å²) in [5, 5.41) is 4.76. The van der Waals surface area contributed by atoms with Gasteiger partial charge < -0.3 is 9.47 Å². The van der Waals surface area contributed by atoms with Crippen LogP contribution in [-0.4, -0.2) is 56.0 Å². The Morgan fingerprint density at radius 2 is 1.88 bits per heavy atom. The zero-order chi connectivity index (χ0) is 23.4. The van der Waals surface area contributed by atoms with Gasteiger partial charge in [-0.25, -0.2) is 17.8 Å². The molecule has 2 heterocycles. The first kappa shape index (κ1) is 23.3. The molecule has 0 bridgehead atoms. The molecule has 1 aromatic heterocycles. The van der Waals surface area contributed by atoms with Gasteiger partial charge in [-0.15, -0.1) is 11.3 Å². The van der Waals surface area contributed by atoms with Crippen molar-refractivity contribution in [1.82, 2.24) is 9.29 Å². The van der Waals surface area contributed by atoms with Gasteiger partial charge in [-0.2, -0.15) is 4.31 Å². The third kappa shape index (κ3) is 5.38. The highest BCUT2D eigenvalue weighted by molar-refractivity contribution is 7.89. The van der Waals surface area contributed by atoms with Crippen LogP contribution in [0.25, 0.3) is 11.3 Å². The number of amides is 1. The summed E-state index contributed by atoms with van der Waals surface area (Å²) in [6.07, 6.45) is -0.932. The molecular formula is C22H22FN3O5S2. The molecule has 1 aliphatic rings. The fourth-order valence-corrected chi connectivity index (χ4v) is 5.32. The third-order valence-electron chi connectivity index (χ3n) is 5.00. The lowest BCUT2D eigenvalue weighted by atomic mass is 10.2. The highest BCUT2D eigenvalue weighted by Gasteiger charge is 2.26. The van der Waals surface area contributed by atoms with Gasteiger partial charge in [-0.3, -0.25) is 10.1 Å². The number of hydrogen-bond donors (Lipinski definition) is 1. The summed E-state index contributed by atoms with van der Waals surface area (Å²) in [5.74, 6) is -1.02. The Bertz CT molecular complexity index is 1220. The molecule has 2 aromatic carbocycles. The van der Waals surface area contributed by atoms with Crippen LogP contribution in [-0.2, 0) is 19.6 Å². The molecule has 8 nitrogen and oxygen atoms in total. The van der Waals surface area contributed by atoms with E-state index in [-0.39, 0.29) is 10.6 Å². The topological polar surface area (TPSA) is 97.8 Å². The molecule has 1 saturated heterocycles. The summed E-state index contributed by atoms with van der Waals surface area (Å²) in [4.78, 5) is 17.0. The van der Waals surface area contributed by atoms with E-state index in [0.29, 0.717) is 42.7 Å². The van der Waals surface area contributed by atoms with Crippen LogP contribution in [0, 0.1) is 5.82 Å². The lowest BCUT2D eigenvalue weighted by Gasteiger charge is -2.26. The molecule has 0 aliphatic carbocycles. The number of morpholine rings is 1. The maximum absolute atomic E-state index is 13.7. The summed E-state index contributed by atoms with van der Waals surface area (Å²) in [6, 6.07) is 12.3. The molecule has 0 saturated carbocycles. The number of carbonyl (C=O) groups is 1. The largest absolute Gasteiger partial charge is 0.478 e. The number of para-hydroxylation sites is 1. The number of nitrogens with zero attached hydrogens (tertiary/aromatic N) is 2. The number of benzene rings is 2. The first-order valence-electron chi connectivity index (χ1n) is 10.2. The SMILES string of the molecule is C[C@H](Oc1ccccc1F)C(=O)Nc1nc(-c2ccc(S(=O)(=O)N3CCOCC3)cc2)cs1. The minimum absolute atomic E-state index is 0.00732. The van der Waals surface area contributed by atoms with E-state index in [4.69, 9.17) is 9.47 Å². The van der Waals surface area contributed by atoms with Gasteiger partial charge >= 0.3 is 0 Å². The first-order valence-corrected chi connectivity index (χ1v) is 12.5. The van der Waals surface area contributed by atoms with E-state index in [0.717, 1.165) is 0 Å². The number of hydrogen-bond acceptors (Lipinski definition) is 7. The molecule has 174 valence electrons. The molecule has 11 heteroatoms. The van der Waals surface area contributed by atoms with Gasteiger partial charge in [0.25, 0.3) is 5.91 Å². The molecule has 33 heavy (non-hydrogen) atoms. The summed E-state index contributed by atoms with van der Waals surface area (Å²) < 4.78 is 51.2. The minimum Gasteiger partial charge on any atom is -0.478 e. The summed E-state index contributed by atoms with van der Waals surface area (Å²) >= 11 is 1.22. The van der Waals surface area contributed by atoms with Crippen molar-refractivity contribution < 1.29 is 27.1 Å². The molecule has 4 rings (SSSR count). The lowest BCUT2D eigenvalue weighted by Crippen LogP contribution is -2.40. The van der Waals surface area contributed by atoms with Crippen molar-refractivity contribution in [2.24, 2.45) is 0 Å². The maximum atomic E-state index is 13.7. The monoisotopic (exact) mass is 491 g/mol. The highest BCUT2D eigenvalue weighted by Crippen LogP contribution is 2.27. The number of halogens is 1. The molecule has 0 radical (unpaired) electrons. The molecule has 0 spiro atoms. The van der Waals surface area contributed by atoms with Crippen molar-refractivity contribution in [2.45, 2.75) is 17.9 Å². The molecule has 1 atom stereocenters. The number of sulfonamides is 1. The van der Waals surface area contributed by atoms with E-state index in [1.54, 1.807) is 35.7 Å². The van der Waals surface area contributed by atoms with Crippen LogP contribution in [0.3, 0.4) is 0 Å². The van der Waals surface area contributed by atoms with E-state index < -0.39 is 27.9 Å². The predicted octanol–water partition coefficient (Wildman–Crippen LogP) is 3.38. The zero-order valence-corrected chi connectivity index (χ0v) is 19.4. The first-order chi connectivity index (χ1) is 15.8. The number of aromatic nitrogens is 1. The van der Waals surface area contributed by atoms with E-state index in [2.05, 4.69) is 10.3 Å². The average molecular weight is 492 g/mol. The predicted molar refractivity (Wildman–Crippen MR) is 122 cm³/mol. The fraction of sp³-hybridized carbons (Fsp3) is 0.273. The van der Waals surface area contributed by atoms with Gasteiger partial charge in [-0.05, 0) is 31.2 Å². The molecule has 1 aliphatic heterocycles. The number of anilines is 1. The lowest BCUT2D eigenvalue weighted by molar-refractivity contribution is -0.122. The second kappa shape index (κ2) is 9.96. The summed E-state index contributed by atoms with van der Waals surface area (Å²) in [5.41, 5.74) is 1.30. The Hall–Kier alpha value is -2.86. The van der Waals surface area contributed by atoms with Crippen molar-refractivity contribution in [3.05, 3.63) is 59.7 Å². The van der Waals surface area contributed by atoms with E-state index in [9.17, 15) is 17.6 Å². The van der Waals surface area contributed by atoms with E-state index in [1.165, 1.54) is 40.8 Å². The second-order valence-electron chi connectivity index (χ2n) is 7.26. The van der Waals surface area contributed by atoms with Gasteiger partial charge in [0.1, 0.15) is 0 Å². The Labute approximate surface area is 195 Å². The molecule has 3 aromatic rings. The van der Waals surface area contributed by atoms with Gasteiger partial charge in [-0.1, -0.05) is 24.3 Å². The normalized spacial score (nSPS) is 15.7. The molecular weight excluding hydrogens is 469 g/mol. The van der Waals surface area contributed by atoms with Gasteiger partial charge in [0, 0.05) is 24.0 Å². The Balaban J connectivity index is 1.40. The van der Waals surface area contributed by atoms with Crippen LogP contribution in [0.15, 0.2) is 58.8 Å². The fourth-order valence-electron chi connectivity index (χ4n) is 3.19. The van der Waals surface area contributed by atoms with Crippen molar-refractivity contribution >= 4 is 32.4 Å². The number of carbonyl (C=O) groups excluding carboxylic acids is 1. The number of ether oxygens (including phenoxy) is 2. The second-order valence-corrected chi connectivity index (χ2v) is 10.1. The van der Waals surface area contributed by atoms with Crippen LogP contribution in [0.4, 0.5) is 9.52 Å². The van der Waals surface area contributed by atoms with Crippen molar-refractivity contribution in [1.29, 1.82) is 0 Å². The van der Waals surface area contributed by atoms with Crippen LogP contribution >= 0.6 is 11.3 Å². The number of thiazole rings is 1. The molecule has 1 amide bonds. The van der Waals surface area contributed by atoms with Gasteiger partial charge in [0.2, 0.25) is 10.0 Å². The van der Waals surface area contributed by atoms with Crippen LogP contribution in [0.1, 0.15) is 6.92 Å². The van der Waals surface area contributed by atoms with Gasteiger partial charge in [0.05, 0.1) is 23.8 Å². The Morgan fingerprint density at radius 1 is 1.18 bits per heavy atom. The summed E-state index contributed by atoms with van der Waals surface area (Å²) in [6.45, 7) is 2.95. The Morgan fingerprint density at radius 3 is 2.58 bits per heavy atom. The van der Waals surface area contributed by atoms with Crippen LogP contribution in [0.5, 0.6) is 5.75 Å². The highest BCUT2D eigenvalue weighted by atomic mass is 32.2. The minimum atomic E-state index is -3.57. The van der Waals surface area contributed by atoms with Crippen molar-refractivity contribution in [2.75, 3.05) is 31.6 Å². The van der Waals surface area contributed by atoms with E-state index >= 15 is 0 Å². The zero-order valence-electron chi connectivity index (χ0n) is 17.7. The Kier molecular flexibility index (Phi) is 7.03. The van der Waals surface area contributed by atoms with Crippen LogP contribution < -0.4 is 10.1 Å². The number of nitrogens with one attached hydrogen (secondary N) is 1. The van der Waals surface area contributed by atoms with Crippen molar-refractivity contribution in [3.63, 3.8) is 0 Å². The van der Waals surface area contributed by atoms with Crippen molar-refractivity contribution in [3.8, 4) is 17.0 Å². The summed E-state index contributed by atoms with van der Waals surface area (Å²) in [7, 11) is -3.57. The third-order valence-corrected chi connectivity index (χ3v) is 7.67. The number of rotatable bonds is 7. The van der Waals surface area contributed by atoms with Gasteiger partial charge in [0.15, 0.2) is 22.8 Å². The smallest absolute Gasteiger partial charge is 0.266 e. The van der Waals surface area contributed by atoms with E-state index in [1.807, 2.05) is 0 Å². The molecule has 0 unspecified atom stereocenters. The molecule has 1 fully saturated rings. The standard InChI is InChI=1S/C22H22FN3O5S2/c1-15(31-20-5-3-2-4-18(20)23)21(27)25-22-24-19(14-32-22)16-6-8-17(9-7-16)33(28,29)26-10-12-30-13-11-26/h2-9,14-15H,10-13H2,1H3,(H,24,25,27)/t15-/m0/s1. The molecule has 1 N–H and O–H groups in total. The van der Waals surface area contributed by atoms with Crippen LogP contribution in [0.2, 0.25) is 0 Å². The quantitative estimate of drug-likeness (QED) is 0.544. The average Bonchev–Trinajstić information content (AvgIpc) is 3.29. The maximum Gasteiger partial charge on any atom is 0.266 e.